The number of amides is 3. The highest BCUT2D eigenvalue weighted by atomic mass is 35.5. The summed E-state index contributed by atoms with van der Waals surface area (Å²) in [5.74, 6) is -2.19. The molecule has 3 aliphatic rings. The summed E-state index contributed by atoms with van der Waals surface area (Å²) in [5, 5.41) is 0.427. The number of thioether (sulfide) groups is 1. The normalized spacial score (nSPS) is 24.6. The molecular weight excluding hydrogens is 453 g/mol. The summed E-state index contributed by atoms with van der Waals surface area (Å²) in [7, 11) is 0. The van der Waals surface area contributed by atoms with Crippen molar-refractivity contribution in [1.82, 2.24) is 0 Å². The van der Waals surface area contributed by atoms with Gasteiger partial charge in [-0.2, -0.15) is 0 Å². The second-order valence-corrected chi connectivity index (χ2v) is 9.36. The monoisotopic (exact) mass is 471 g/mol. The Morgan fingerprint density at radius 3 is 2.28 bits per heavy atom. The minimum Gasteiger partial charge on any atom is -0.274 e. The topological polar surface area (TPSA) is 70.0 Å². The summed E-state index contributed by atoms with van der Waals surface area (Å²) in [5.41, 5.74) is 0.712. The van der Waals surface area contributed by atoms with Crippen molar-refractivity contribution in [3.05, 3.63) is 53.3 Å². The van der Waals surface area contributed by atoms with Crippen LogP contribution in [0.15, 0.2) is 47.5 Å². The lowest BCUT2D eigenvalue weighted by molar-refractivity contribution is -0.122. The summed E-state index contributed by atoms with van der Waals surface area (Å²) < 4.78 is 14.9. The van der Waals surface area contributed by atoms with Gasteiger partial charge in [-0.05, 0) is 37.1 Å². The number of halogens is 2. The number of carbonyl (C=O) groups excluding carboxylic acids is 3. The molecular formula is C23H19ClFN3O3S. The molecule has 2 unspecified atom stereocenters. The molecule has 32 heavy (non-hydrogen) atoms. The van der Waals surface area contributed by atoms with E-state index in [9.17, 15) is 18.8 Å². The zero-order valence-corrected chi connectivity index (χ0v) is 18.5. The third kappa shape index (κ3) is 3.51. The number of hydrogen-bond acceptors (Lipinski definition) is 5. The molecule has 0 radical (unpaired) electrons. The summed E-state index contributed by atoms with van der Waals surface area (Å²) in [6.45, 7) is 0. The second-order valence-electron chi connectivity index (χ2n) is 8.01. The van der Waals surface area contributed by atoms with Crippen LogP contribution in [0.1, 0.15) is 25.7 Å². The first-order valence-corrected chi connectivity index (χ1v) is 11.8. The molecule has 0 bridgehead atoms. The fraction of sp³-hybridized carbons (Fsp3) is 0.304. The maximum absolute atomic E-state index is 14.9. The number of rotatable bonds is 3. The van der Waals surface area contributed by atoms with Gasteiger partial charge in [0, 0.05) is 0 Å². The lowest BCUT2D eigenvalue weighted by atomic mass is 9.81. The van der Waals surface area contributed by atoms with E-state index < -0.39 is 17.7 Å². The number of hydrogen-bond donors (Lipinski definition) is 0. The largest absolute Gasteiger partial charge is 0.274 e. The SMILES string of the molecule is O=C1CSC(=Nc2cc(N3C(=O)C4CCCCC4C3=O)c(F)cc2Cl)N1c1ccccc1. The standard InChI is InChI=1S/C23H19ClFN3O3S/c24-16-10-17(25)19(28-21(30)14-8-4-5-9-15(14)22(28)31)11-18(16)26-23-27(20(29)12-32-23)13-6-2-1-3-7-13/h1-3,6-7,10-11,14-15H,4-5,8-9,12H2. The van der Waals surface area contributed by atoms with Crippen LogP contribution in [0.5, 0.6) is 0 Å². The first kappa shape index (κ1) is 21.2. The zero-order chi connectivity index (χ0) is 22.4. The molecule has 2 atom stereocenters. The van der Waals surface area contributed by atoms with Crippen molar-refractivity contribution in [3.8, 4) is 0 Å². The van der Waals surface area contributed by atoms with Gasteiger partial charge in [0.1, 0.15) is 5.82 Å². The highest BCUT2D eigenvalue weighted by Gasteiger charge is 2.49. The number of carbonyl (C=O) groups is 3. The van der Waals surface area contributed by atoms with Crippen LogP contribution >= 0.6 is 23.4 Å². The molecule has 2 saturated heterocycles. The maximum Gasteiger partial charge on any atom is 0.243 e. The quantitative estimate of drug-likeness (QED) is 0.595. The molecule has 2 heterocycles. The molecule has 9 heteroatoms. The molecule has 2 aromatic carbocycles. The fourth-order valence-corrected chi connectivity index (χ4v) is 5.64. The summed E-state index contributed by atoms with van der Waals surface area (Å²) in [6.07, 6.45) is 3.05. The molecule has 164 valence electrons. The Labute approximate surface area is 193 Å². The second kappa shape index (κ2) is 8.33. The van der Waals surface area contributed by atoms with Crippen molar-refractivity contribution in [2.45, 2.75) is 25.7 Å². The van der Waals surface area contributed by atoms with Crippen LogP contribution in [0, 0.1) is 17.7 Å². The molecule has 2 aromatic rings. The number of imide groups is 1. The van der Waals surface area contributed by atoms with Gasteiger partial charge >= 0.3 is 0 Å². The lowest BCUT2D eigenvalue weighted by Gasteiger charge is -2.19. The Bertz CT molecular complexity index is 1130. The van der Waals surface area contributed by atoms with Crippen LogP contribution in [0.25, 0.3) is 0 Å². The Balaban J connectivity index is 1.54. The number of nitrogens with zero attached hydrogens (tertiary/aromatic N) is 3. The highest BCUT2D eigenvalue weighted by molar-refractivity contribution is 8.15. The molecule has 3 fully saturated rings. The molecule has 1 aliphatic carbocycles. The number of benzene rings is 2. The zero-order valence-electron chi connectivity index (χ0n) is 17.0. The smallest absolute Gasteiger partial charge is 0.243 e. The van der Waals surface area contributed by atoms with Crippen LogP contribution in [-0.4, -0.2) is 28.6 Å². The van der Waals surface area contributed by atoms with E-state index in [2.05, 4.69) is 4.99 Å². The van der Waals surface area contributed by atoms with Crippen molar-refractivity contribution in [2.24, 2.45) is 16.8 Å². The van der Waals surface area contributed by atoms with Gasteiger partial charge in [0.15, 0.2) is 5.17 Å². The highest BCUT2D eigenvalue weighted by Crippen LogP contribution is 2.43. The van der Waals surface area contributed by atoms with Crippen molar-refractivity contribution in [2.75, 3.05) is 15.6 Å². The van der Waals surface area contributed by atoms with E-state index in [-0.39, 0.29) is 39.9 Å². The number of fused-ring (bicyclic) bond motifs is 1. The Hall–Kier alpha value is -2.71. The molecule has 0 aromatic heterocycles. The van der Waals surface area contributed by atoms with Crippen molar-refractivity contribution in [1.29, 1.82) is 0 Å². The third-order valence-corrected chi connectivity index (χ3v) is 7.32. The van der Waals surface area contributed by atoms with Gasteiger partial charge in [-0.15, -0.1) is 0 Å². The number of para-hydroxylation sites is 1. The minimum absolute atomic E-state index is 0.0308. The number of aliphatic imine (C=N–C) groups is 1. The van der Waals surface area contributed by atoms with Crippen molar-refractivity contribution >= 4 is 63.3 Å². The average Bonchev–Trinajstić information content (AvgIpc) is 3.28. The molecule has 3 amide bonds. The van der Waals surface area contributed by atoms with E-state index in [4.69, 9.17) is 11.6 Å². The predicted molar refractivity (Wildman–Crippen MR) is 123 cm³/mol. The Morgan fingerprint density at radius 1 is 0.969 bits per heavy atom. The lowest BCUT2D eigenvalue weighted by Crippen LogP contribution is -2.31. The van der Waals surface area contributed by atoms with E-state index in [1.54, 1.807) is 12.1 Å². The van der Waals surface area contributed by atoms with Gasteiger partial charge in [-0.25, -0.2) is 14.3 Å². The number of anilines is 2. The Kier molecular flexibility index (Phi) is 5.51. The predicted octanol–water partition coefficient (Wildman–Crippen LogP) is 4.93. The van der Waals surface area contributed by atoms with E-state index in [0.717, 1.165) is 23.8 Å². The van der Waals surface area contributed by atoms with Gasteiger partial charge in [0.05, 0.1) is 39.7 Å². The Morgan fingerprint density at radius 2 is 1.62 bits per heavy atom. The average molecular weight is 472 g/mol. The van der Waals surface area contributed by atoms with Crippen molar-refractivity contribution < 1.29 is 18.8 Å². The first-order valence-electron chi connectivity index (χ1n) is 10.4. The van der Waals surface area contributed by atoms with E-state index in [1.165, 1.54) is 22.7 Å². The maximum atomic E-state index is 14.9. The van der Waals surface area contributed by atoms with Gasteiger partial charge in [0.2, 0.25) is 17.7 Å². The number of amidine groups is 1. The third-order valence-electron chi connectivity index (χ3n) is 6.09. The summed E-state index contributed by atoms with van der Waals surface area (Å²) >= 11 is 7.51. The van der Waals surface area contributed by atoms with Crippen molar-refractivity contribution in [3.63, 3.8) is 0 Å². The molecule has 6 nitrogen and oxygen atoms in total. The van der Waals surface area contributed by atoms with Crippen LogP contribution in [0.2, 0.25) is 5.02 Å². The fourth-order valence-electron chi connectivity index (χ4n) is 4.56. The van der Waals surface area contributed by atoms with Crippen LogP contribution in [0.4, 0.5) is 21.5 Å². The molecule has 5 rings (SSSR count). The first-order chi connectivity index (χ1) is 15.5. The van der Waals surface area contributed by atoms with Crippen LogP contribution in [0.3, 0.4) is 0 Å². The molecule has 2 aliphatic heterocycles. The van der Waals surface area contributed by atoms with E-state index in [1.807, 2.05) is 18.2 Å². The van der Waals surface area contributed by atoms with Gasteiger partial charge < -0.3 is 0 Å². The van der Waals surface area contributed by atoms with Crippen LogP contribution in [-0.2, 0) is 14.4 Å². The van der Waals surface area contributed by atoms with Gasteiger partial charge in [-0.3, -0.25) is 19.3 Å². The van der Waals surface area contributed by atoms with Crippen LogP contribution < -0.4 is 9.80 Å². The van der Waals surface area contributed by atoms with E-state index in [0.29, 0.717) is 23.7 Å². The summed E-state index contributed by atoms with van der Waals surface area (Å²) in [6, 6.07) is 11.4. The molecule has 0 spiro atoms. The van der Waals surface area contributed by atoms with Gasteiger partial charge in [0.25, 0.3) is 0 Å². The van der Waals surface area contributed by atoms with E-state index >= 15 is 0 Å². The van der Waals surface area contributed by atoms with Gasteiger partial charge in [-0.1, -0.05) is 54.4 Å². The molecule has 0 N–H and O–H groups in total. The molecule has 1 saturated carbocycles. The summed E-state index contributed by atoms with van der Waals surface area (Å²) in [4.78, 5) is 45.3. The minimum atomic E-state index is -0.755.